The molecule has 1 amide bonds. The summed E-state index contributed by atoms with van der Waals surface area (Å²) in [6.45, 7) is 3.73. The molecular formula is C27H22F3NO4. The molecule has 1 atom stereocenters. The van der Waals surface area contributed by atoms with Crippen LogP contribution in [-0.2, 0) is 15.8 Å². The lowest BCUT2D eigenvalue weighted by Gasteiger charge is -2.26. The number of aliphatic hydroxyl groups excluding tert-OH is 1. The number of nitrogens with zero attached hydrogens (tertiary/aromatic N) is 1. The van der Waals surface area contributed by atoms with Crippen molar-refractivity contribution in [2.45, 2.75) is 26.1 Å². The van der Waals surface area contributed by atoms with Crippen molar-refractivity contribution in [2.75, 3.05) is 12.0 Å². The van der Waals surface area contributed by atoms with Gasteiger partial charge in [-0.2, -0.15) is 13.2 Å². The van der Waals surface area contributed by atoms with Gasteiger partial charge in [-0.15, -0.1) is 0 Å². The number of aryl methyl sites for hydroxylation is 2. The highest BCUT2D eigenvalue weighted by Gasteiger charge is 2.47. The first-order valence-electron chi connectivity index (χ1n) is 10.7. The zero-order valence-electron chi connectivity index (χ0n) is 19.2. The second-order valence-corrected chi connectivity index (χ2v) is 8.29. The first kappa shape index (κ1) is 24.1. The lowest BCUT2D eigenvalue weighted by Crippen LogP contribution is -2.29. The molecule has 1 aliphatic heterocycles. The minimum Gasteiger partial charge on any atom is -0.507 e. The number of carbonyl (C=O) groups excluding carboxylic acids is 2. The van der Waals surface area contributed by atoms with Crippen LogP contribution in [0.2, 0.25) is 0 Å². The monoisotopic (exact) mass is 481 g/mol. The number of benzene rings is 3. The van der Waals surface area contributed by atoms with E-state index in [1.165, 1.54) is 19.2 Å². The second-order valence-electron chi connectivity index (χ2n) is 8.29. The van der Waals surface area contributed by atoms with Crippen LogP contribution in [0, 0.1) is 13.8 Å². The van der Waals surface area contributed by atoms with Gasteiger partial charge in [-0.1, -0.05) is 30.3 Å². The Morgan fingerprint density at radius 3 is 2.23 bits per heavy atom. The summed E-state index contributed by atoms with van der Waals surface area (Å²) in [5, 5.41) is 11.2. The van der Waals surface area contributed by atoms with E-state index in [1.807, 2.05) is 13.8 Å². The summed E-state index contributed by atoms with van der Waals surface area (Å²) in [7, 11) is 1.48. The molecule has 1 heterocycles. The molecular weight excluding hydrogens is 459 g/mol. The molecule has 0 bridgehead atoms. The van der Waals surface area contributed by atoms with Crippen molar-refractivity contribution in [3.8, 4) is 5.75 Å². The lowest BCUT2D eigenvalue weighted by atomic mass is 9.94. The van der Waals surface area contributed by atoms with E-state index >= 15 is 0 Å². The lowest BCUT2D eigenvalue weighted by molar-refractivity contribution is -0.137. The van der Waals surface area contributed by atoms with E-state index in [-0.39, 0.29) is 11.3 Å². The van der Waals surface area contributed by atoms with Gasteiger partial charge in [0, 0.05) is 11.3 Å². The number of alkyl halides is 3. The van der Waals surface area contributed by atoms with Crippen LogP contribution >= 0.6 is 0 Å². The molecule has 8 heteroatoms. The molecule has 1 N–H and O–H groups in total. The number of carbonyl (C=O) groups is 2. The number of ether oxygens (including phenoxy) is 1. The molecule has 4 rings (SSSR count). The number of aliphatic hydroxyl groups is 1. The SMILES string of the molecule is COc1ccc(C2/C(=C(\O)c3ccc(C)c(C)c3)C(=O)C(=O)N2c2cccc(C(F)(F)F)c2)cc1. The average molecular weight is 481 g/mol. The first-order valence-corrected chi connectivity index (χ1v) is 10.7. The third-order valence-electron chi connectivity index (χ3n) is 6.11. The molecule has 1 unspecified atom stereocenters. The Labute approximate surface area is 200 Å². The fraction of sp³-hybridized carbons (Fsp3) is 0.185. The number of ketones is 1. The van der Waals surface area contributed by atoms with Crippen LogP contribution < -0.4 is 9.64 Å². The predicted octanol–water partition coefficient (Wildman–Crippen LogP) is 5.96. The topological polar surface area (TPSA) is 66.8 Å². The van der Waals surface area contributed by atoms with Crippen LogP contribution in [0.1, 0.15) is 33.9 Å². The van der Waals surface area contributed by atoms with Gasteiger partial charge in [0.15, 0.2) is 0 Å². The molecule has 35 heavy (non-hydrogen) atoms. The van der Waals surface area contributed by atoms with Crippen LogP contribution in [-0.4, -0.2) is 23.9 Å². The van der Waals surface area contributed by atoms with Crippen molar-refractivity contribution in [3.63, 3.8) is 0 Å². The van der Waals surface area contributed by atoms with Gasteiger partial charge in [-0.3, -0.25) is 14.5 Å². The Morgan fingerprint density at radius 2 is 1.63 bits per heavy atom. The minimum absolute atomic E-state index is 0.109. The second kappa shape index (κ2) is 8.94. The van der Waals surface area contributed by atoms with Gasteiger partial charge < -0.3 is 9.84 Å². The number of anilines is 1. The standard InChI is InChI=1S/C27H22F3NO4/c1-15-7-8-18(13-16(15)2)24(32)22-23(17-9-11-21(35-3)12-10-17)31(26(34)25(22)33)20-6-4-5-19(14-20)27(28,29)30/h4-14,23,32H,1-3H3/b24-22+. The summed E-state index contributed by atoms with van der Waals surface area (Å²) in [5.74, 6) is -1.91. The van der Waals surface area contributed by atoms with E-state index in [2.05, 4.69) is 0 Å². The molecule has 1 aliphatic rings. The third kappa shape index (κ3) is 4.39. The molecule has 0 aliphatic carbocycles. The van der Waals surface area contributed by atoms with Gasteiger partial charge in [0.2, 0.25) is 0 Å². The molecule has 3 aromatic carbocycles. The number of hydrogen-bond acceptors (Lipinski definition) is 4. The largest absolute Gasteiger partial charge is 0.507 e. The quantitative estimate of drug-likeness (QED) is 0.284. The Hall–Kier alpha value is -4.07. The Kier molecular flexibility index (Phi) is 6.15. The molecule has 0 aromatic heterocycles. The minimum atomic E-state index is -4.64. The number of halogens is 3. The molecule has 0 radical (unpaired) electrons. The van der Waals surface area contributed by atoms with Crippen LogP contribution in [0.3, 0.4) is 0 Å². The van der Waals surface area contributed by atoms with E-state index in [1.54, 1.807) is 42.5 Å². The summed E-state index contributed by atoms with van der Waals surface area (Å²) >= 11 is 0. The molecule has 1 fully saturated rings. The smallest absolute Gasteiger partial charge is 0.416 e. The molecule has 0 spiro atoms. The van der Waals surface area contributed by atoms with Crippen LogP contribution in [0.5, 0.6) is 5.75 Å². The zero-order valence-corrected chi connectivity index (χ0v) is 19.2. The molecule has 1 saturated heterocycles. The van der Waals surface area contributed by atoms with Crippen molar-refractivity contribution in [2.24, 2.45) is 0 Å². The predicted molar refractivity (Wildman–Crippen MR) is 125 cm³/mol. The highest BCUT2D eigenvalue weighted by Crippen LogP contribution is 2.43. The van der Waals surface area contributed by atoms with Crippen LogP contribution in [0.15, 0.2) is 72.3 Å². The van der Waals surface area contributed by atoms with Crippen molar-refractivity contribution in [1.29, 1.82) is 0 Å². The summed E-state index contributed by atoms with van der Waals surface area (Å²) in [4.78, 5) is 27.3. The maximum Gasteiger partial charge on any atom is 0.416 e. The Morgan fingerprint density at radius 1 is 0.943 bits per heavy atom. The van der Waals surface area contributed by atoms with Crippen molar-refractivity contribution in [1.82, 2.24) is 0 Å². The van der Waals surface area contributed by atoms with E-state index in [0.29, 0.717) is 16.9 Å². The summed E-state index contributed by atoms with van der Waals surface area (Å²) < 4.78 is 45.4. The van der Waals surface area contributed by atoms with Gasteiger partial charge in [0.25, 0.3) is 11.7 Å². The molecule has 5 nitrogen and oxygen atoms in total. The Balaban J connectivity index is 1.95. The number of hydrogen-bond donors (Lipinski definition) is 1. The Bertz CT molecular complexity index is 1340. The van der Waals surface area contributed by atoms with Gasteiger partial charge in [-0.25, -0.2) is 0 Å². The zero-order chi connectivity index (χ0) is 25.5. The number of Topliss-reactive ketones (excluding diaryl/α,β-unsaturated/α-hetero) is 1. The maximum atomic E-state index is 13.4. The van der Waals surface area contributed by atoms with Crippen LogP contribution in [0.4, 0.5) is 18.9 Å². The average Bonchev–Trinajstić information content (AvgIpc) is 3.10. The highest BCUT2D eigenvalue weighted by atomic mass is 19.4. The first-order chi connectivity index (χ1) is 16.5. The number of rotatable bonds is 4. The highest BCUT2D eigenvalue weighted by molar-refractivity contribution is 6.51. The van der Waals surface area contributed by atoms with E-state index in [9.17, 15) is 27.9 Å². The molecule has 180 valence electrons. The summed E-state index contributed by atoms with van der Waals surface area (Å²) in [6, 6.07) is 14.6. The van der Waals surface area contributed by atoms with Gasteiger partial charge >= 0.3 is 6.18 Å². The summed E-state index contributed by atoms with van der Waals surface area (Å²) in [5.41, 5.74) is 1.31. The van der Waals surface area contributed by atoms with Gasteiger partial charge in [0.05, 0.1) is 24.3 Å². The van der Waals surface area contributed by atoms with Crippen molar-refractivity contribution in [3.05, 3.63) is 100 Å². The van der Waals surface area contributed by atoms with Crippen LogP contribution in [0.25, 0.3) is 5.76 Å². The van der Waals surface area contributed by atoms with E-state index in [0.717, 1.165) is 28.2 Å². The number of methoxy groups -OCH3 is 1. The molecule has 0 saturated carbocycles. The summed E-state index contributed by atoms with van der Waals surface area (Å²) in [6.07, 6.45) is -4.64. The van der Waals surface area contributed by atoms with Crippen molar-refractivity contribution < 1.29 is 32.6 Å². The molecule has 3 aromatic rings. The van der Waals surface area contributed by atoms with E-state index < -0.39 is 35.2 Å². The van der Waals surface area contributed by atoms with Crippen molar-refractivity contribution >= 4 is 23.1 Å². The van der Waals surface area contributed by atoms with Gasteiger partial charge in [-0.05, 0) is 66.9 Å². The maximum absolute atomic E-state index is 13.4. The fourth-order valence-corrected chi connectivity index (χ4v) is 4.08. The number of amides is 1. The third-order valence-corrected chi connectivity index (χ3v) is 6.11. The van der Waals surface area contributed by atoms with Gasteiger partial charge in [0.1, 0.15) is 11.5 Å². The normalized spacial score (nSPS) is 17.7. The van der Waals surface area contributed by atoms with E-state index in [4.69, 9.17) is 4.74 Å². The fourth-order valence-electron chi connectivity index (χ4n) is 4.08.